The Labute approximate surface area is 216 Å². The molecule has 3 aromatic rings. The summed E-state index contributed by atoms with van der Waals surface area (Å²) in [5.74, 6) is -0.207. The molecular weight excluding hydrogens is 492 g/mol. The Morgan fingerprint density at radius 2 is 1.86 bits per heavy atom. The third kappa shape index (κ3) is 4.63. The number of nitrogens with one attached hydrogen (secondary N) is 1. The van der Waals surface area contributed by atoms with Crippen molar-refractivity contribution in [3.05, 3.63) is 88.9 Å². The Hall–Kier alpha value is -3.94. The number of hydrogen-bond acceptors (Lipinski definition) is 9. The zero-order valence-electron chi connectivity index (χ0n) is 19.2. The minimum absolute atomic E-state index is 0.0204. The quantitative estimate of drug-likeness (QED) is 0.458. The van der Waals surface area contributed by atoms with Crippen LogP contribution in [0.4, 0.5) is 10.8 Å². The molecule has 2 heterocycles. The lowest BCUT2D eigenvalue weighted by molar-refractivity contribution is -0.116. The van der Waals surface area contributed by atoms with Gasteiger partial charge in [-0.3, -0.25) is 14.5 Å². The molecule has 8 nitrogen and oxygen atoms in total. The van der Waals surface area contributed by atoms with Gasteiger partial charge in [-0.2, -0.15) is 5.26 Å². The molecule has 1 unspecified atom stereocenters. The number of thioether (sulfide) groups is 1. The minimum atomic E-state index is -0.501. The van der Waals surface area contributed by atoms with Crippen molar-refractivity contribution in [2.24, 2.45) is 5.73 Å². The topological polar surface area (TPSA) is 125 Å². The van der Waals surface area contributed by atoms with Gasteiger partial charge in [-0.05, 0) is 30.5 Å². The molecule has 0 spiro atoms. The van der Waals surface area contributed by atoms with Crippen LogP contribution >= 0.6 is 23.1 Å². The number of allylic oxidation sites excluding steroid dienone is 3. The van der Waals surface area contributed by atoms with Crippen LogP contribution in [0, 0.1) is 11.3 Å². The third-order valence-corrected chi connectivity index (χ3v) is 8.06. The summed E-state index contributed by atoms with van der Waals surface area (Å²) in [6.07, 6.45) is 1.78. The van der Waals surface area contributed by atoms with Crippen molar-refractivity contribution in [3.8, 4) is 6.07 Å². The van der Waals surface area contributed by atoms with Gasteiger partial charge in [0.25, 0.3) is 0 Å². The first-order valence-electron chi connectivity index (χ1n) is 11.4. The monoisotopic (exact) mass is 514 g/mol. The van der Waals surface area contributed by atoms with Gasteiger partial charge >= 0.3 is 0 Å². The lowest BCUT2D eigenvalue weighted by Crippen LogP contribution is -2.38. The van der Waals surface area contributed by atoms with Gasteiger partial charge in [0.2, 0.25) is 11.0 Å². The van der Waals surface area contributed by atoms with Gasteiger partial charge in [-0.25, -0.2) is 0 Å². The van der Waals surface area contributed by atoms with Crippen molar-refractivity contribution in [2.45, 2.75) is 29.5 Å². The number of nitrogens with zero attached hydrogens (tertiary/aromatic N) is 4. The first-order valence-corrected chi connectivity index (χ1v) is 13.2. The predicted molar refractivity (Wildman–Crippen MR) is 140 cm³/mol. The van der Waals surface area contributed by atoms with Gasteiger partial charge < -0.3 is 11.1 Å². The summed E-state index contributed by atoms with van der Waals surface area (Å²) >= 11 is 2.54. The SMILES string of the molecule is N#CC1=C(N)N(c2nnc(SCC(=O)Nc3ccccc3)s2)C2=C(C(=O)CCC2)C1c1ccccc1. The standard InChI is InChI=1S/C26H22N6O2S2/c27-14-18-22(16-8-3-1-4-9-16)23-19(12-7-13-20(23)33)32(24(18)28)25-30-31-26(36-25)35-15-21(34)29-17-10-5-2-6-11-17/h1-6,8-11,22H,7,12-13,15,28H2,(H,29,34). The molecule has 1 atom stereocenters. The van der Waals surface area contributed by atoms with Crippen LogP contribution in [-0.4, -0.2) is 27.6 Å². The van der Waals surface area contributed by atoms with E-state index in [-0.39, 0.29) is 23.3 Å². The van der Waals surface area contributed by atoms with Gasteiger partial charge in [0, 0.05) is 23.4 Å². The van der Waals surface area contributed by atoms with Crippen LogP contribution in [0.5, 0.6) is 0 Å². The second-order valence-corrected chi connectivity index (χ2v) is 10.5. The van der Waals surface area contributed by atoms with Crippen LogP contribution in [0.2, 0.25) is 0 Å². The van der Waals surface area contributed by atoms with Gasteiger partial charge in [0.05, 0.1) is 23.3 Å². The summed E-state index contributed by atoms with van der Waals surface area (Å²) in [5, 5.41) is 21.9. The van der Waals surface area contributed by atoms with E-state index in [1.54, 1.807) is 4.90 Å². The van der Waals surface area contributed by atoms with Crippen molar-refractivity contribution in [2.75, 3.05) is 16.0 Å². The van der Waals surface area contributed by atoms with E-state index in [0.717, 1.165) is 16.9 Å². The Morgan fingerprint density at radius 3 is 2.58 bits per heavy atom. The van der Waals surface area contributed by atoms with Crippen LogP contribution in [0.15, 0.2) is 87.7 Å². The number of anilines is 2. The second kappa shape index (κ2) is 10.4. The minimum Gasteiger partial charge on any atom is -0.384 e. The largest absolute Gasteiger partial charge is 0.384 e. The normalized spacial score (nSPS) is 17.6. The molecule has 2 aliphatic rings. The van der Waals surface area contributed by atoms with Crippen LogP contribution in [0.3, 0.4) is 0 Å². The van der Waals surface area contributed by atoms with Crippen molar-refractivity contribution in [3.63, 3.8) is 0 Å². The molecule has 0 radical (unpaired) electrons. The highest BCUT2D eigenvalue weighted by atomic mass is 32.2. The second-order valence-electron chi connectivity index (χ2n) is 8.28. The van der Waals surface area contributed by atoms with E-state index in [9.17, 15) is 14.9 Å². The Balaban J connectivity index is 1.43. The molecule has 1 aliphatic carbocycles. The lowest BCUT2D eigenvalue weighted by Gasteiger charge is -2.38. The molecule has 0 saturated carbocycles. The predicted octanol–water partition coefficient (Wildman–Crippen LogP) is 4.57. The summed E-state index contributed by atoms with van der Waals surface area (Å²) in [4.78, 5) is 27.2. The number of ketones is 1. The summed E-state index contributed by atoms with van der Waals surface area (Å²) in [5.41, 5.74) is 9.85. The molecule has 5 rings (SSSR count). The van der Waals surface area contributed by atoms with Gasteiger partial charge in [-0.15, -0.1) is 10.2 Å². The molecule has 3 N–H and O–H groups in total. The number of hydrogen-bond donors (Lipinski definition) is 2. The Bertz CT molecular complexity index is 1410. The number of Topliss-reactive ketones (excluding diaryl/α,β-unsaturated/α-hetero) is 1. The first-order chi connectivity index (χ1) is 17.6. The van der Waals surface area contributed by atoms with Crippen molar-refractivity contribution >= 4 is 45.6 Å². The molecular formula is C26H22N6O2S2. The number of para-hydroxylation sites is 1. The lowest BCUT2D eigenvalue weighted by atomic mass is 9.76. The van der Waals surface area contributed by atoms with E-state index in [1.165, 1.54) is 23.1 Å². The first kappa shape index (κ1) is 23.8. The zero-order valence-corrected chi connectivity index (χ0v) is 20.8. The number of carbonyl (C=O) groups excluding carboxylic acids is 2. The molecule has 1 aliphatic heterocycles. The van der Waals surface area contributed by atoms with E-state index in [2.05, 4.69) is 21.6 Å². The molecule has 180 valence electrons. The van der Waals surface area contributed by atoms with Crippen LogP contribution < -0.4 is 16.0 Å². The fraction of sp³-hybridized carbons (Fsp3) is 0.192. The highest BCUT2D eigenvalue weighted by Crippen LogP contribution is 2.47. The molecule has 36 heavy (non-hydrogen) atoms. The van der Waals surface area contributed by atoms with Gasteiger partial charge in [0.1, 0.15) is 5.82 Å². The van der Waals surface area contributed by atoms with Crippen molar-refractivity contribution < 1.29 is 9.59 Å². The van der Waals surface area contributed by atoms with Crippen LogP contribution in [-0.2, 0) is 9.59 Å². The average Bonchev–Trinajstić information content (AvgIpc) is 3.36. The van der Waals surface area contributed by atoms with Gasteiger partial charge in [0.15, 0.2) is 10.1 Å². The molecule has 1 aromatic heterocycles. The summed E-state index contributed by atoms with van der Waals surface area (Å²) in [6.45, 7) is 0. The van der Waals surface area contributed by atoms with E-state index < -0.39 is 5.92 Å². The number of aromatic nitrogens is 2. The van der Waals surface area contributed by atoms with Crippen LogP contribution in [0.1, 0.15) is 30.7 Å². The fourth-order valence-corrected chi connectivity index (χ4v) is 6.16. The fourth-order valence-electron chi connectivity index (χ4n) is 4.48. The molecule has 2 aromatic carbocycles. The maximum absolute atomic E-state index is 13.2. The Morgan fingerprint density at radius 1 is 1.14 bits per heavy atom. The highest BCUT2D eigenvalue weighted by Gasteiger charge is 2.41. The Kier molecular flexibility index (Phi) is 6.84. The molecule has 0 fully saturated rings. The zero-order chi connectivity index (χ0) is 25.1. The van der Waals surface area contributed by atoms with E-state index in [1.807, 2.05) is 60.7 Å². The number of rotatable bonds is 6. The number of nitrogens with two attached hydrogens (primary N) is 1. The van der Waals surface area contributed by atoms with Crippen molar-refractivity contribution in [1.29, 1.82) is 5.26 Å². The van der Waals surface area contributed by atoms with E-state index in [0.29, 0.717) is 39.9 Å². The van der Waals surface area contributed by atoms with Gasteiger partial charge in [-0.1, -0.05) is 71.6 Å². The third-order valence-electron chi connectivity index (χ3n) is 6.02. The van der Waals surface area contributed by atoms with Crippen LogP contribution in [0.25, 0.3) is 0 Å². The summed E-state index contributed by atoms with van der Waals surface area (Å²) < 4.78 is 0.592. The summed E-state index contributed by atoms with van der Waals surface area (Å²) in [6, 6.07) is 21.0. The smallest absolute Gasteiger partial charge is 0.234 e. The molecule has 0 bridgehead atoms. The maximum atomic E-state index is 13.2. The van der Waals surface area contributed by atoms with Crippen molar-refractivity contribution in [1.82, 2.24) is 10.2 Å². The number of benzene rings is 2. The van der Waals surface area contributed by atoms with E-state index in [4.69, 9.17) is 5.73 Å². The number of nitriles is 1. The number of carbonyl (C=O) groups is 2. The highest BCUT2D eigenvalue weighted by molar-refractivity contribution is 8.01. The summed E-state index contributed by atoms with van der Waals surface area (Å²) in [7, 11) is 0. The molecule has 1 amide bonds. The molecule has 0 saturated heterocycles. The number of amides is 1. The average molecular weight is 515 g/mol. The maximum Gasteiger partial charge on any atom is 0.234 e. The van der Waals surface area contributed by atoms with E-state index >= 15 is 0 Å². The molecule has 10 heteroatoms.